The Hall–Kier alpha value is -0.650. The van der Waals surface area contributed by atoms with E-state index in [1.165, 1.54) is 63.2 Å². The van der Waals surface area contributed by atoms with Crippen LogP contribution in [0.5, 0.6) is 0 Å². The van der Waals surface area contributed by atoms with Crippen LogP contribution in [0.4, 0.5) is 0 Å². The molecular formula is C18H37NO4. The van der Waals surface area contributed by atoms with Crippen LogP contribution < -0.4 is 0 Å². The van der Waals surface area contributed by atoms with E-state index in [4.69, 9.17) is 0 Å². The molecule has 0 heterocycles. The number of carbonyl (C=O) groups is 1. The SMILES string of the molecule is CCCCCCCCCCCCCN(C)C(C)(C(=O)O)C(O)O. The van der Waals surface area contributed by atoms with Gasteiger partial charge in [-0.05, 0) is 26.9 Å². The Morgan fingerprint density at radius 1 is 0.913 bits per heavy atom. The second-order valence-corrected chi connectivity index (χ2v) is 6.78. The third-order valence-corrected chi connectivity index (χ3v) is 4.83. The maximum absolute atomic E-state index is 11.2. The molecule has 0 aromatic rings. The predicted molar refractivity (Wildman–Crippen MR) is 93.4 cm³/mol. The smallest absolute Gasteiger partial charge is 0.329 e. The second-order valence-electron chi connectivity index (χ2n) is 6.78. The molecule has 5 nitrogen and oxygen atoms in total. The van der Waals surface area contributed by atoms with Crippen LogP contribution in [-0.4, -0.2) is 51.6 Å². The number of hydrogen-bond acceptors (Lipinski definition) is 4. The summed E-state index contributed by atoms with van der Waals surface area (Å²) in [4.78, 5) is 12.8. The van der Waals surface area contributed by atoms with Gasteiger partial charge >= 0.3 is 5.97 Å². The van der Waals surface area contributed by atoms with E-state index < -0.39 is 17.8 Å². The second kappa shape index (κ2) is 12.7. The highest BCUT2D eigenvalue weighted by Crippen LogP contribution is 2.19. The van der Waals surface area contributed by atoms with Crippen LogP contribution in [0.25, 0.3) is 0 Å². The van der Waals surface area contributed by atoms with Crippen molar-refractivity contribution in [3.63, 3.8) is 0 Å². The first kappa shape index (κ1) is 22.4. The molecule has 0 saturated carbocycles. The zero-order valence-electron chi connectivity index (χ0n) is 15.3. The first-order chi connectivity index (χ1) is 10.9. The topological polar surface area (TPSA) is 81.0 Å². The Morgan fingerprint density at radius 3 is 1.65 bits per heavy atom. The van der Waals surface area contributed by atoms with Gasteiger partial charge in [-0.25, -0.2) is 0 Å². The number of nitrogens with zero attached hydrogens (tertiary/aromatic N) is 1. The molecule has 0 fully saturated rings. The van der Waals surface area contributed by atoms with Gasteiger partial charge in [0.2, 0.25) is 0 Å². The van der Waals surface area contributed by atoms with E-state index in [1.54, 1.807) is 7.05 Å². The van der Waals surface area contributed by atoms with Gasteiger partial charge in [-0.15, -0.1) is 0 Å². The van der Waals surface area contributed by atoms with Crippen LogP contribution in [0, 0.1) is 0 Å². The Morgan fingerprint density at radius 2 is 1.30 bits per heavy atom. The predicted octanol–water partition coefficient (Wildman–Crippen LogP) is 3.38. The number of carboxylic acid groups (broad SMARTS) is 1. The van der Waals surface area contributed by atoms with E-state index in [1.807, 2.05) is 0 Å². The molecule has 0 aliphatic carbocycles. The van der Waals surface area contributed by atoms with Crippen molar-refractivity contribution in [2.75, 3.05) is 13.6 Å². The van der Waals surface area contributed by atoms with Gasteiger partial charge in [0, 0.05) is 0 Å². The van der Waals surface area contributed by atoms with E-state index in [2.05, 4.69) is 6.92 Å². The average molecular weight is 331 g/mol. The van der Waals surface area contributed by atoms with Crippen molar-refractivity contribution >= 4 is 5.97 Å². The highest BCUT2D eigenvalue weighted by Gasteiger charge is 2.43. The lowest BCUT2D eigenvalue weighted by Crippen LogP contribution is -2.58. The van der Waals surface area contributed by atoms with Gasteiger partial charge in [-0.2, -0.15) is 0 Å². The molecule has 23 heavy (non-hydrogen) atoms. The van der Waals surface area contributed by atoms with Crippen LogP contribution in [0.15, 0.2) is 0 Å². The van der Waals surface area contributed by atoms with Crippen molar-refractivity contribution in [1.82, 2.24) is 4.90 Å². The summed E-state index contributed by atoms with van der Waals surface area (Å²) in [6, 6.07) is 0. The van der Waals surface area contributed by atoms with Crippen LogP contribution in [-0.2, 0) is 4.79 Å². The summed E-state index contributed by atoms with van der Waals surface area (Å²) in [5, 5.41) is 27.8. The maximum atomic E-state index is 11.2. The number of rotatable bonds is 15. The summed E-state index contributed by atoms with van der Waals surface area (Å²) in [6.07, 6.45) is 11.7. The number of unbranched alkanes of at least 4 members (excludes halogenated alkanes) is 10. The minimum atomic E-state index is -1.89. The van der Waals surface area contributed by atoms with E-state index in [0.29, 0.717) is 6.54 Å². The fraction of sp³-hybridized carbons (Fsp3) is 0.944. The van der Waals surface area contributed by atoms with Gasteiger partial charge in [-0.3, -0.25) is 9.69 Å². The molecule has 0 bridgehead atoms. The van der Waals surface area contributed by atoms with Crippen molar-refractivity contribution < 1.29 is 20.1 Å². The average Bonchev–Trinajstić information content (AvgIpc) is 2.50. The highest BCUT2D eigenvalue weighted by atomic mass is 16.5. The van der Waals surface area contributed by atoms with E-state index in [9.17, 15) is 20.1 Å². The van der Waals surface area contributed by atoms with E-state index in [0.717, 1.165) is 19.3 Å². The number of aliphatic hydroxyl groups excluding tert-OH is 1. The van der Waals surface area contributed by atoms with Crippen LogP contribution in [0.1, 0.15) is 84.5 Å². The Kier molecular flexibility index (Phi) is 12.4. The first-order valence-corrected chi connectivity index (χ1v) is 9.18. The molecule has 5 heteroatoms. The Bertz CT molecular complexity index is 309. The fourth-order valence-electron chi connectivity index (χ4n) is 2.72. The van der Waals surface area contributed by atoms with Gasteiger partial charge < -0.3 is 15.3 Å². The summed E-state index contributed by atoms with van der Waals surface area (Å²) in [5.41, 5.74) is -1.64. The molecule has 1 atom stereocenters. The summed E-state index contributed by atoms with van der Waals surface area (Å²) >= 11 is 0. The van der Waals surface area contributed by atoms with Crippen LogP contribution >= 0.6 is 0 Å². The van der Waals surface area contributed by atoms with Gasteiger partial charge in [0.25, 0.3) is 0 Å². The van der Waals surface area contributed by atoms with Gasteiger partial charge in [0.1, 0.15) is 0 Å². The van der Waals surface area contributed by atoms with Crippen LogP contribution in [0.2, 0.25) is 0 Å². The molecule has 0 aliphatic heterocycles. The zero-order chi connectivity index (χ0) is 17.7. The summed E-state index contributed by atoms with van der Waals surface area (Å²) in [6.45, 7) is 4.13. The van der Waals surface area contributed by atoms with Gasteiger partial charge in [0.05, 0.1) is 0 Å². The first-order valence-electron chi connectivity index (χ1n) is 9.18. The molecule has 0 rings (SSSR count). The van der Waals surface area contributed by atoms with Crippen molar-refractivity contribution in [3.05, 3.63) is 0 Å². The standard InChI is InChI=1S/C18H37NO4/c1-4-5-6-7-8-9-10-11-12-13-14-15-19(3)18(2,16(20)21)17(22)23/h16,20-21H,4-15H2,1-3H3,(H,22,23). The quantitative estimate of drug-likeness (QED) is 0.316. The molecule has 0 saturated heterocycles. The van der Waals surface area contributed by atoms with Crippen molar-refractivity contribution in [1.29, 1.82) is 0 Å². The molecule has 0 spiro atoms. The molecular weight excluding hydrogens is 294 g/mol. The normalized spacial score (nSPS) is 14.4. The maximum Gasteiger partial charge on any atom is 0.329 e. The van der Waals surface area contributed by atoms with Gasteiger partial charge in [-0.1, -0.05) is 71.1 Å². The lowest BCUT2D eigenvalue weighted by Gasteiger charge is -2.36. The minimum absolute atomic E-state index is 0.553. The Labute approximate surface area is 141 Å². The lowest BCUT2D eigenvalue weighted by molar-refractivity contribution is -0.182. The number of carboxylic acids is 1. The third kappa shape index (κ3) is 8.68. The molecule has 1 unspecified atom stereocenters. The third-order valence-electron chi connectivity index (χ3n) is 4.83. The number of aliphatic hydroxyl groups is 2. The number of hydrogen-bond donors (Lipinski definition) is 3. The van der Waals surface area contributed by atoms with E-state index >= 15 is 0 Å². The fourth-order valence-corrected chi connectivity index (χ4v) is 2.72. The van der Waals surface area contributed by atoms with Crippen molar-refractivity contribution in [2.45, 2.75) is 96.3 Å². The highest BCUT2D eigenvalue weighted by molar-refractivity contribution is 5.78. The largest absolute Gasteiger partial charge is 0.480 e. The lowest BCUT2D eigenvalue weighted by atomic mass is 9.99. The molecule has 0 aliphatic rings. The van der Waals surface area contributed by atoms with Crippen molar-refractivity contribution in [2.24, 2.45) is 0 Å². The summed E-state index contributed by atoms with van der Waals surface area (Å²) in [5.74, 6) is -1.21. The number of likely N-dealkylation sites (N-methyl/N-ethyl adjacent to an activating group) is 1. The minimum Gasteiger partial charge on any atom is -0.480 e. The molecule has 0 radical (unpaired) electrons. The number of aliphatic carboxylic acids is 1. The summed E-state index contributed by atoms with van der Waals surface area (Å²) in [7, 11) is 1.63. The molecule has 0 aromatic carbocycles. The Balaban J connectivity index is 3.66. The van der Waals surface area contributed by atoms with E-state index in [-0.39, 0.29) is 0 Å². The zero-order valence-corrected chi connectivity index (χ0v) is 15.3. The molecule has 3 N–H and O–H groups in total. The summed E-state index contributed by atoms with van der Waals surface area (Å²) < 4.78 is 0. The molecule has 0 amide bonds. The monoisotopic (exact) mass is 331 g/mol. The molecule has 0 aromatic heterocycles. The molecule has 138 valence electrons. The van der Waals surface area contributed by atoms with Gasteiger partial charge in [0.15, 0.2) is 11.8 Å². The van der Waals surface area contributed by atoms with Crippen LogP contribution in [0.3, 0.4) is 0 Å². The van der Waals surface area contributed by atoms with Crippen molar-refractivity contribution in [3.8, 4) is 0 Å².